The lowest BCUT2D eigenvalue weighted by Gasteiger charge is -2.32. The molecule has 0 aliphatic heterocycles. The Morgan fingerprint density at radius 3 is 2.44 bits per heavy atom. The number of fused-ring (bicyclic) bond motifs is 1. The first-order valence-corrected chi connectivity index (χ1v) is 17.2. The normalized spacial score (nSPS) is 16.2. The van der Waals surface area contributed by atoms with Gasteiger partial charge in [-0.2, -0.15) is 0 Å². The Hall–Kier alpha value is -3.33. The zero-order valence-corrected chi connectivity index (χ0v) is 28.0. The van der Waals surface area contributed by atoms with Crippen molar-refractivity contribution in [3.63, 3.8) is 0 Å². The molecule has 246 valence electrons. The van der Waals surface area contributed by atoms with Gasteiger partial charge in [-0.25, -0.2) is 4.98 Å². The molecule has 0 unspecified atom stereocenters. The highest BCUT2D eigenvalue weighted by molar-refractivity contribution is 5.79. The lowest BCUT2D eigenvalue weighted by Crippen LogP contribution is -2.47. The van der Waals surface area contributed by atoms with Crippen molar-refractivity contribution >= 4 is 17.5 Å². The van der Waals surface area contributed by atoms with Crippen LogP contribution in [0.5, 0.6) is 0 Å². The molecule has 1 aliphatic carbocycles. The number of aromatic nitrogens is 4. The molecule has 0 radical (unpaired) electrons. The summed E-state index contributed by atoms with van der Waals surface area (Å²) in [6.07, 6.45) is 10.6. The van der Waals surface area contributed by atoms with Gasteiger partial charge >= 0.3 is 0 Å². The summed E-state index contributed by atoms with van der Waals surface area (Å²) in [5.41, 5.74) is 3.32. The van der Waals surface area contributed by atoms with E-state index < -0.39 is 12.1 Å². The number of benzene rings is 1. The van der Waals surface area contributed by atoms with Crippen LogP contribution in [-0.4, -0.2) is 55.2 Å². The fourth-order valence-electron chi connectivity index (χ4n) is 6.52. The average molecular weight is 619 g/mol. The van der Waals surface area contributed by atoms with Gasteiger partial charge in [0.25, 0.3) is 0 Å². The molecule has 2 aromatic heterocycles. The van der Waals surface area contributed by atoms with Crippen LogP contribution in [0.3, 0.4) is 0 Å². The molecule has 1 fully saturated rings. The van der Waals surface area contributed by atoms with Gasteiger partial charge in [-0.05, 0) is 43.4 Å². The second kappa shape index (κ2) is 16.8. The smallest absolute Gasteiger partial charge is 0.227 e. The maximum absolute atomic E-state index is 13.7. The predicted molar refractivity (Wildman–Crippen MR) is 178 cm³/mol. The number of rotatable bonds is 16. The topological polar surface area (TPSA) is 122 Å². The fraction of sp³-hybridized carbons (Fsp3) is 0.639. The number of hydrogen-bond acceptors (Lipinski definition) is 6. The maximum atomic E-state index is 13.7. The van der Waals surface area contributed by atoms with Crippen molar-refractivity contribution < 1.29 is 14.7 Å². The summed E-state index contributed by atoms with van der Waals surface area (Å²) in [6, 6.07) is 9.56. The van der Waals surface area contributed by atoms with E-state index >= 15 is 0 Å². The lowest BCUT2D eigenvalue weighted by atomic mass is 9.81. The molecular weight excluding hydrogens is 564 g/mol. The highest BCUT2D eigenvalue weighted by atomic mass is 16.3. The molecular formula is C36H54N6O3. The van der Waals surface area contributed by atoms with E-state index in [1.54, 1.807) is 0 Å². The second-order valence-corrected chi connectivity index (χ2v) is 13.7. The van der Waals surface area contributed by atoms with E-state index in [9.17, 15) is 14.7 Å². The third-order valence-corrected chi connectivity index (χ3v) is 9.11. The zero-order chi connectivity index (χ0) is 32.3. The summed E-state index contributed by atoms with van der Waals surface area (Å²) in [4.78, 5) is 31.6. The van der Waals surface area contributed by atoms with Crippen molar-refractivity contribution in [3.8, 4) is 11.3 Å². The van der Waals surface area contributed by atoms with Gasteiger partial charge < -0.3 is 15.7 Å². The van der Waals surface area contributed by atoms with E-state index in [-0.39, 0.29) is 30.1 Å². The van der Waals surface area contributed by atoms with Gasteiger partial charge in [0.05, 0.1) is 30.0 Å². The standard InChI is InChI=1S/C36H54N6O3/c1-6-7-18-37-36(45)28(25(4)5)21-32(43)29(20-26-14-10-8-11-15-26)39-34(44)22-33-40-41-35-30(19-24(2)3)38-31(23-42(33)35)27-16-12-9-13-17-27/h9,12-13,16-17,23-26,28-29,32,43H,6-8,10-11,14-15,18-22H2,1-5H3,(H,37,45)(H,39,44)/t28-,29-,32-/m0/s1. The number of amides is 2. The third-order valence-electron chi connectivity index (χ3n) is 9.11. The van der Waals surface area contributed by atoms with Crippen LogP contribution in [0.4, 0.5) is 0 Å². The molecule has 1 saturated carbocycles. The van der Waals surface area contributed by atoms with Gasteiger partial charge in [-0.3, -0.25) is 14.0 Å². The largest absolute Gasteiger partial charge is 0.391 e. The van der Waals surface area contributed by atoms with Crippen LogP contribution >= 0.6 is 0 Å². The van der Waals surface area contributed by atoms with Crippen LogP contribution in [0, 0.1) is 23.7 Å². The highest BCUT2D eigenvalue weighted by Gasteiger charge is 2.32. The lowest BCUT2D eigenvalue weighted by molar-refractivity contribution is -0.127. The van der Waals surface area contributed by atoms with Crippen LogP contribution in [0.25, 0.3) is 16.9 Å². The predicted octanol–water partition coefficient (Wildman–Crippen LogP) is 5.93. The molecule has 1 aliphatic rings. The molecule has 0 bridgehead atoms. The minimum Gasteiger partial charge on any atom is -0.391 e. The average Bonchev–Trinajstić information content (AvgIpc) is 3.42. The monoisotopic (exact) mass is 618 g/mol. The second-order valence-electron chi connectivity index (χ2n) is 13.7. The van der Waals surface area contributed by atoms with Gasteiger partial charge in [-0.15, -0.1) is 10.2 Å². The minimum absolute atomic E-state index is 0.0183. The van der Waals surface area contributed by atoms with Crippen molar-refractivity contribution in [2.45, 2.75) is 117 Å². The number of carbonyl (C=O) groups is 2. The van der Waals surface area contributed by atoms with Crippen LogP contribution in [0.2, 0.25) is 0 Å². The van der Waals surface area contributed by atoms with Crippen LogP contribution < -0.4 is 10.6 Å². The van der Waals surface area contributed by atoms with Gasteiger partial charge in [0.1, 0.15) is 5.82 Å². The summed E-state index contributed by atoms with van der Waals surface area (Å²) >= 11 is 0. The summed E-state index contributed by atoms with van der Waals surface area (Å²) in [6.45, 7) is 11.1. The quantitative estimate of drug-likeness (QED) is 0.171. The Kier molecular flexibility index (Phi) is 12.9. The molecule has 4 rings (SSSR count). The van der Waals surface area contributed by atoms with Gasteiger partial charge in [0, 0.05) is 24.2 Å². The Labute approximate surface area is 269 Å². The summed E-state index contributed by atoms with van der Waals surface area (Å²) in [5.74, 6) is 0.876. The van der Waals surface area contributed by atoms with E-state index in [0.717, 1.165) is 49.1 Å². The molecule has 2 heterocycles. The van der Waals surface area contributed by atoms with E-state index in [0.29, 0.717) is 42.7 Å². The first kappa shape index (κ1) is 34.5. The highest BCUT2D eigenvalue weighted by Crippen LogP contribution is 2.30. The SMILES string of the molecule is CCCCNC(=O)[C@@H](C[C@H](O)[C@H](CC1CCCCC1)NC(=O)Cc1nnc2c(CC(C)C)nc(-c3ccccc3)cn12)C(C)C. The van der Waals surface area contributed by atoms with E-state index in [1.807, 2.05) is 54.8 Å². The molecule has 3 N–H and O–H groups in total. The van der Waals surface area contributed by atoms with E-state index in [4.69, 9.17) is 4.98 Å². The van der Waals surface area contributed by atoms with Crippen LogP contribution in [0.15, 0.2) is 36.5 Å². The van der Waals surface area contributed by atoms with Crippen LogP contribution in [-0.2, 0) is 22.4 Å². The Bertz CT molecular complexity index is 1370. The molecule has 9 nitrogen and oxygen atoms in total. The molecule has 3 aromatic rings. The van der Waals surface area contributed by atoms with Crippen LogP contribution in [0.1, 0.15) is 104 Å². The summed E-state index contributed by atoms with van der Waals surface area (Å²) in [7, 11) is 0. The van der Waals surface area contributed by atoms with Crippen molar-refractivity contribution in [1.82, 2.24) is 30.2 Å². The Morgan fingerprint density at radius 2 is 1.78 bits per heavy atom. The maximum Gasteiger partial charge on any atom is 0.227 e. The molecule has 9 heteroatoms. The zero-order valence-electron chi connectivity index (χ0n) is 28.0. The molecule has 45 heavy (non-hydrogen) atoms. The number of nitrogens with zero attached hydrogens (tertiary/aromatic N) is 4. The van der Waals surface area contributed by atoms with E-state index in [2.05, 4.69) is 41.6 Å². The number of aliphatic hydroxyl groups is 1. The minimum atomic E-state index is -0.832. The molecule has 2 amide bonds. The number of hydrogen-bond donors (Lipinski definition) is 3. The summed E-state index contributed by atoms with van der Waals surface area (Å²) < 4.78 is 1.90. The number of nitrogens with one attached hydrogen (secondary N) is 2. The van der Waals surface area contributed by atoms with Gasteiger partial charge in [-0.1, -0.05) is 103 Å². The molecule has 1 aromatic carbocycles. The fourth-order valence-corrected chi connectivity index (χ4v) is 6.52. The first-order chi connectivity index (χ1) is 21.7. The molecule has 0 saturated heterocycles. The van der Waals surface area contributed by atoms with Crippen molar-refractivity contribution in [3.05, 3.63) is 48.0 Å². The van der Waals surface area contributed by atoms with Gasteiger partial charge in [0.2, 0.25) is 11.8 Å². The number of unbranched alkanes of at least 4 members (excludes halogenated alkanes) is 1. The molecule has 0 spiro atoms. The number of carbonyl (C=O) groups excluding carboxylic acids is 2. The van der Waals surface area contributed by atoms with Crippen molar-refractivity contribution in [1.29, 1.82) is 0 Å². The molecule has 3 atom stereocenters. The first-order valence-electron chi connectivity index (χ1n) is 17.2. The van der Waals surface area contributed by atoms with Crippen molar-refractivity contribution in [2.24, 2.45) is 23.7 Å². The van der Waals surface area contributed by atoms with Gasteiger partial charge in [0.15, 0.2) is 5.65 Å². The number of aliphatic hydroxyl groups excluding tert-OH is 1. The summed E-state index contributed by atoms with van der Waals surface area (Å²) in [5, 5.41) is 26.7. The van der Waals surface area contributed by atoms with Crippen molar-refractivity contribution in [2.75, 3.05) is 6.54 Å². The Morgan fingerprint density at radius 1 is 1.04 bits per heavy atom. The Balaban J connectivity index is 1.55. The third kappa shape index (κ3) is 9.83. The van der Waals surface area contributed by atoms with E-state index in [1.165, 1.54) is 19.3 Å².